The highest BCUT2D eigenvalue weighted by molar-refractivity contribution is 7.13. The first kappa shape index (κ1) is 21.8. The van der Waals surface area contributed by atoms with Gasteiger partial charge in [-0.15, -0.1) is 11.3 Å². The minimum absolute atomic E-state index is 0.528. The number of hydrogen-bond acceptors (Lipinski definition) is 5. The van der Waals surface area contributed by atoms with Gasteiger partial charge in [-0.1, -0.05) is 66.7 Å². The number of hydrogen-bond donors (Lipinski definition) is 0. The molecule has 0 atom stereocenters. The summed E-state index contributed by atoms with van der Waals surface area (Å²) in [5.41, 5.74) is 6.25. The van der Waals surface area contributed by atoms with E-state index in [1.807, 2.05) is 107 Å². The van der Waals surface area contributed by atoms with Gasteiger partial charge in [-0.05, 0) is 41.3 Å². The number of aromatic nitrogens is 3. The molecule has 36 heavy (non-hydrogen) atoms. The van der Waals surface area contributed by atoms with Gasteiger partial charge in [0.05, 0.1) is 28.6 Å². The lowest BCUT2D eigenvalue weighted by atomic mass is 9.93. The average Bonchev–Trinajstić information content (AvgIpc) is 3.62. The maximum atomic E-state index is 10.5. The molecule has 3 aromatic carbocycles. The normalized spacial score (nSPS) is 10.9. The predicted octanol–water partition coefficient (Wildman–Crippen LogP) is 7.36. The number of fused-ring (bicyclic) bond motifs is 1. The Balaban J connectivity index is 1.80. The van der Waals surface area contributed by atoms with Gasteiger partial charge in [0.1, 0.15) is 23.2 Å². The molecule has 0 saturated heterocycles. The molecule has 0 amide bonds. The fourth-order valence-electron chi connectivity index (χ4n) is 4.44. The molecule has 3 heterocycles. The van der Waals surface area contributed by atoms with E-state index >= 15 is 0 Å². The summed E-state index contributed by atoms with van der Waals surface area (Å²) in [5, 5.41) is 18.4. The molecule has 0 aliphatic heterocycles. The maximum Gasteiger partial charge on any atom is 0.164 e. The van der Waals surface area contributed by atoms with Crippen molar-refractivity contribution in [3.63, 3.8) is 0 Å². The number of ether oxygens (including phenoxy) is 1. The van der Waals surface area contributed by atoms with Crippen molar-refractivity contribution in [2.24, 2.45) is 0 Å². The summed E-state index contributed by atoms with van der Waals surface area (Å²) >= 11 is 1.57. The molecule has 6 rings (SSSR count). The fourth-order valence-corrected chi connectivity index (χ4v) is 5.16. The van der Waals surface area contributed by atoms with Gasteiger partial charge in [-0.2, -0.15) is 10.4 Å². The highest BCUT2D eigenvalue weighted by atomic mass is 32.1. The Bertz CT molecular complexity index is 1700. The third-order valence-electron chi connectivity index (χ3n) is 6.11. The van der Waals surface area contributed by atoms with E-state index in [4.69, 9.17) is 14.8 Å². The zero-order valence-corrected chi connectivity index (χ0v) is 20.2. The Kier molecular flexibility index (Phi) is 5.53. The first-order chi connectivity index (χ1) is 17.8. The van der Waals surface area contributed by atoms with E-state index < -0.39 is 0 Å². The van der Waals surface area contributed by atoms with Crippen LogP contribution >= 0.6 is 11.3 Å². The summed E-state index contributed by atoms with van der Waals surface area (Å²) in [7, 11) is 1.65. The number of nitriles is 1. The van der Waals surface area contributed by atoms with Crippen LogP contribution in [0.3, 0.4) is 0 Å². The van der Waals surface area contributed by atoms with Gasteiger partial charge < -0.3 is 4.74 Å². The summed E-state index contributed by atoms with van der Waals surface area (Å²) in [4.78, 5) is 6.03. The van der Waals surface area contributed by atoms with Crippen LogP contribution in [0.5, 0.6) is 5.75 Å². The lowest BCUT2D eigenvalue weighted by Gasteiger charge is -2.13. The van der Waals surface area contributed by atoms with E-state index in [0.29, 0.717) is 16.9 Å². The van der Waals surface area contributed by atoms with Crippen LogP contribution in [-0.2, 0) is 0 Å². The van der Waals surface area contributed by atoms with Crippen LogP contribution < -0.4 is 4.74 Å². The molecule has 3 aromatic heterocycles. The van der Waals surface area contributed by atoms with Crippen LogP contribution in [0.1, 0.15) is 5.56 Å². The predicted molar refractivity (Wildman–Crippen MR) is 144 cm³/mol. The van der Waals surface area contributed by atoms with Crippen molar-refractivity contribution >= 4 is 22.4 Å². The van der Waals surface area contributed by atoms with Crippen molar-refractivity contribution in [3.05, 3.63) is 108 Å². The van der Waals surface area contributed by atoms with E-state index in [9.17, 15) is 5.26 Å². The highest BCUT2D eigenvalue weighted by Gasteiger charge is 2.25. The van der Waals surface area contributed by atoms with Crippen molar-refractivity contribution in [3.8, 4) is 50.5 Å². The van der Waals surface area contributed by atoms with E-state index in [2.05, 4.69) is 6.07 Å². The lowest BCUT2D eigenvalue weighted by molar-refractivity contribution is 0.415. The van der Waals surface area contributed by atoms with E-state index in [1.54, 1.807) is 18.4 Å². The monoisotopic (exact) mass is 484 g/mol. The molecule has 0 radical (unpaired) electrons. The molecule has 0 saturated carbocycles. The highest BCUT2D eigenvalue weighted by Crippen LogP contribution is 2.42. The molecular weight excluding hydrogens is 464 g/mol. The standard InChI is InChI=1S/C30H20N4OS/c1-35-23-16-14-20(15-17-23)26-24(19-31)29(25-13-8-18-36-25)32-30-27(26)28(21-9-4-2-5-10-21)33-34(30)22-11-6-3-7-12-22/h2-18H,1H3. The van der Waals surface area contributed by atoms with Gasteiger partial charge in [0.15, 0.2) is 5.65 Å². The molecule has 6 heteroatoms. The van der Waals surface area contributed by atoms with Gasteiger partial charge in [-0.25, -0.2) is 9.67 Å². The third kappa shape index (κ3) is 3.63. The Morgan fingerprint density at radius 2 is 1.53 bits per heavy atom. The van der Waals surface area contributed by atoms with Crippen LogP contribution in [0.15, 0.2) is 102 Å². The second-order valence-electron chi connectivity index (χ2n) is 8.19. The molecule has 172 valence electrons. The van der Waals surface area contributed by atoms with E-state index in [-0.39, 0.29) is 0 Å². The first-order valence-corrected chi connectivity index (χ1v) is 12.3. The second-order valence-corrected chi connectivity index (χ2v) is 9.14. The number of benzene rings is 3. The van der Waals surface area contributed by atoms with Crippen molar-refractivity contribution in [1.29, 1.82) is 5.26 Å². The molecular formula is C30H20N4OS. The number of pyridine rings is 1. The number of nitrogens with zero attached hydrogens (tertiary/aromatic N) is 4. The molecule has 5 nitrogen and oxygen atoms in total. The van der Waals surface area contributed by atoms with Crippen LogP contribution in [0.25, 0.3) is 49.7 Å². The summed E-state index contributed by atoms with van der Waals surface area (Å²) in [6.45, 7) is 0. The third-order valence-corrected chi connectivity index (χ3v) is 6.99. The zero-order valence-electron chi connectivity index (χ0n) is 19.4. The van der Waals surface area contributed by atoms with Gasteiger partial charge in [0.2, 0.25) is 0 Å². The molecule has 0 N–H and O–H groups in total. The van der Waals surface area contributed by atoms with Crippen molar-refractivity contribution in [2.75, 3.05) is 7.11 Å². The maximum absolute atomic E-state index is 10.5. The Morgan fingerprint density at radius 1 is 0.806 bits per heavy atom. The minimum Gasteiger partial charge on any atom is -0.497 e. The molecule has 0 spiro atoms. The number of para-hydroxylation sites is 1. The number of thiophene rings is 1. The Labute approximate surface area is 212 Å². The number of rotatable bonds is 5. The molecule has 0 bridgehead atoms. The quantitative estimate of drug-likeness (QED) is 0.256. The topological polar surface area (TPSA) is 63.7 Å². The summed E-state index contributed by atoms with van der Waals surface area (Å²) < 4.78 is 7.27. The van der Waals surface area contributed by atoms with Crippen LogP contribution in [0.4, 0.5) is 0 Å². The molecule has 0 fully saturated rings. The van der Waals surface area contributed by atoms with Crippen LogP contribution in [0.2, 0.25) is 0 Å². The van der Waals surface area contributed by atoms with Crippen LogP contribution in [-0.4, -0.2) is 21.9 Å². The Hall–Kier alpha value is -4.73. The van der Waals surface area contributed by atoms with E-state index in [0.717, 1.165) is 44.1 Å². The molecule has 0 unspecified atom stereocenters. The summed E-state index contributed by atoms with van der Waals surface area (Å²) in [5.74, 6) is 0.754. The number of methoxy groups -OCH3 is 1. The molecule has 6 aromatic rings. The smallest absolute Gasteiger partial charge is 0.164 e. The summed E-state index contributed by atoms with van der Waals surface area (Å²) in [6.07, 6.45) is 0. The average molecular weight is 485 g/mol. The molecule has 0 aliphatic rings. The van der Waals surface area contributed by atoms with Gasteiger partial charge in [0.25, 0.3) is 0 Å². The van der Waals surface area contributed by atoms with Crippen molar-refractivity contribution in [1.82, 2.24) is 14.8 Å². The molecule has 0 aliphatic carbocycles. The van der Waals surface area contributed by atoms with Crippen LogP contribution in [0, 0.1) is 11.3 Å². The SMILES string of the molecule is COc1ccc(-c2c(C#N)c(-c3cccs3)nc3c2c(-c2ccccc2)nn3-c2ccccc2)cc1. The fraction of sp³-hybridized carbons (Fsp3) is 0.0333. The van der Waals surface area contributed by atoms with Crippen molar-refractivity contribution < 1.29 is 4.74 Å². The van der Waals surface area contributed by atoms with Gasteiger partial charge in [0, 0.05) is 11.1 Å². The Morgan fingerprint density at radius 3 is 2.17 bits per heavy atom. The second kappa shape index (κ2) is 9.14. The largest absolute Gasteiger partial charge is 0.497 e. The lowest BCUT2D eigenvalue weighted by Crippen LogP contribution is -2.00. The zero-order chi connectivity index (χ0) is 24.5. The first-order valence-electron chi connectivity index (χ1n) is 11.4. The van der Waals surface area contributed by atoms with Gasteiger partial charge >= 0.3 is 0 Å². The van der Waals surface area contributed by atoms with E-state index in [1.165, 1.54) is 0 Å². The minimum atomic E-state index is 0.528. The van der Waals surface area contributed by atoms with Gasteiger partial charge in [-0.3, -0.25) is 0 Å². The summed E-state index contributed by atoms with van der Waals surface area (Å²) in [6, 6.07) is 34.3. The van der Waals surface area contributed by atoms with Crippen molar-refractivity contribution in [2.45, 2.75) is 0 Å².